The minimum Gasteiger partial charge on any atom is -0.389 e. The Balaban J connectivity index is 1.57. The van der Waals surface area contributed by atoms with Crippen LogP contribution in [0.2, 0.25) is 0 Å². The van der Waals surface area contributed by atoms with E-state index in [1.165, 1.54) is 64.2 Å². The fraction of sp³-hybridized carbons (Fsp3) is 1.00. The van der Waals surface area contributed by atoms with Gasteiger partial charge in [0.2, 0.25) is 0 Å². The van der Waals surface area contributed by atoms with Crippen molar-refractivity contribution in [2.24, 2.45) is 34.0 Å². The zero-order valence-electron chi connectivity index (χ0n) is 13.3. The number of fused-ring (bicyclic) bond motifs is 1. The number of hydrogen-bond donors (Lipinski definition) is 1. The standard InChI is InChI=1S/C19H30O/c1-16-7-13-8-17(2,10-16)12-18(9-13,11-16)19(20)14-5-3-4-6-15(14)19/h13-15,20H,3-12H2,1-2H3. The molecule has 6 aliphatic rings. The molecule has 0 aromatic rings. The Labute approximate surface area is 123 Å². The van der Waals surface area contributed by atoms with Crippen LogP contribution in [-0.2, 0) is 0 Å². The molecule has 1 heteroatoms. The normalized spacial score (nSPS) is 67.0. The average Bonchev–Trinajstić information content (AvgIpc) is 2.93. The van der Waals surface area contributed by atoms with Crippen molar-refractivity contribution in [2.75, 3.05) is 0 Å². The van der Waals surface area contributed by atoms with Gasteiger partial charge in [0.25, 0.3) is 0 Å². The molecular weight excluding hydrogens is 244 g/mol. The van der Waals surface area contributed by atoms with Crippen LogP contribution in [-0.4, -0.2) is 10.7 Å². The highest BCUT2D eigenvalue weighted by molar-refractivity contribution is 5.27. The minimum absolute atomic E-state index is 0.245. The third-order valence-electron chi connectivity index (χ3n) is 8.26. The van der Waals surface area contributed by atoms with Crippen LogP contribution in [0.4, 0.5) is 0 Å². The lowest BCUT2D eigenvalue weighted by molar-refractivity contribution is -0.201. The quantitative estimate of drug-likeness (QED) is 0.744. The van der Waals surface area contributed by atoms with Gasteiger partial charge in [-0.05, 0) is 80.0 Å². The summed E-state index contributed by atoms with van der Waals surface area (Å²) in [4.78, 5) is 0. The molecule has 4 atom stereocenters. The molecule has 6 rings (SSSR count). The Morgan fingerprint density at radius 3 is 1.85 bits per heavy atom. The molecule has 0 aromatic carbocycles. The lowest BCUT2D eigenvalue weighted by Gasteiger charge is -2.67. The Morgan fingerprint density at radius 1 is 0.800 bits per heavy atom. The maximum Gasteiger partial charge on any atom is 0.0767 e. The van der Waals surface area contributed by atoms with E-state index in [1.807, 2.05) is 0 Å². The van der Waals surface area contributed by atoms with Crippen molar-refractivity contribution >= 4 is 0 Å². The summed E-state index contributed by atoms with van der Waals surface area (Å²) in [6, 6.07) is 0. The number of hydrogen-bond acceptors (Lipinski definition) is 1. The van der Waals surface area contributed by atoms with E-state index in [2.05, 4.69) is 13.8 Å². The molecule has 112 valence electrons. The number of rotatable bonds is 1. The third-order valence-corrected chi connectivity index (χ3v) is 8.26. The molecule has 0 amide bonds. The summed E-state index contributed by atoms with van der Waals surface area (Å²) in [5.41, 5.74) is 1.17. The van der Waals surface area contributed by atoms with E-state index in [0.717, 1.165) is 5.92 Å². The highest BCUT2D eigenvalue weighted by Crippen LogP contribution is 2.79. The SMILES string of the molecule is CC12CC3CC(C)(C1)CC(C1(O)C4CCCCC41)(C3)C2. The first-order valence-electron chi connectivity index (χ1n) is 9.11. The first-order chi connectivity index (χ1) is 9.38. The summed E-state index contributed by atoms with van der Waals surface area (Å²) in [6.45, 7) is 5.08. The van der Waals surface area contributed by atoms with Gasteiger partial charge in [-0.3, -0.25) is 0 Å². The van der Waals surface area contributed by atoms with Crippen LogP contribution in [0.1, 0.15) is 78.1 Å². The van der Waals surface area contributed by atoms with Crippen molar-refractivity contribution in [1.29, 1.82) is 0 Å². The molecule has 6 saturated carbocycles. The lowest BCUT2D eigenvalue weighted by Crippen LogP contribution is -2.60. The molecule has 20 heavy (non-hydrogen) atoms. The second-order valence-electron chi connectivity index (χ2n) is 10.2. The monoisotopic (exact) mass is 274 g/mol. The molecule has 0 spiro atoms. The molecule has 0 saturated heterocycles. The molecular formula is C19H30O. The Kier molecular flexibility index (Phi) is 2.07. The molecule has 0 heterocycles. The second kappa shape index (κ2) is 3.31. The van der Waals surface area contributed by atoms with Gasteiger partial charge in [-0.25, -0.2) is 0 Å². The van der Waals surface area contributed by atoms with Crippen molar-refractivity contribution in [3.8, 4) is 0 Å². The predicted octanol–water partition coefficient (Wildman–Crippen LogP) is 4.53. The Morgan fingerprint density at radius 2 is 1.35 bits per heavy atom. The van der Waals surface area contributed by atoms with Crippen molar-refractivity contribution in [1.82, 2.24) is 0 Å². The summed E-state index contributed by atoms with van der Waals surface area (Å²) in [5.74, 6) is 2.28. The lowest BCUT2D eigenvalue weighted by atomic mass is 9.38. The van der Waals surface area contributed by atoms with Crippen molar-refractivity contribution in [2.45, 2.75) is 83.7 Å². The van der Waals surface area contributed by atoms with Crippen LogP contribution >= 0.6 is 0 Å². The van der Waals surface area contributed by atoms with E-state index < -0.39 is 0 Å². The third kappa shape index (κ3) is 1.30. The molecule has 1 N–H and O–H groups in total. The van der Waals surface area contributed by atoms with Crippen LogP contribution in [0.15, 0.2) is 0 Å². The summed E-state index contributed by atoms with van der Waals surface area (Å²) in [6.07, 6.45) is 13.8. The summed E-state index contributed by atoms with van der Waals surface area (Å²) in [7, 11) is 0. The smallest absolute Gasteiger partial charge is 0.0767 e. The van der Waals surface area contributed by atoms with E-state index in [4.69, 9.17) is 0 Å². The van der Waals surface area contributed by atoms with Gasteiger partial charge in [0.15, 0.2) is 0 Å². The van der Waals surface area contributed by atoms with Crippen molar-refractivity contribution in [3.63, 3.8) is 0 Å². The highest BCUT2D eigenvalue weighted by Gasteiger charge is 2.77. The zero-order chi connectivity index (χ0) is 13.8. The van der Waals surface area contributed by atoms with Gasteiger partial charge in [-0.2, -0.15) is 0 Å². The van der Waals surface area contributed by atoms with Gasteiger partial charge >= 0.3 is 0 Å². The molecule has 0 aromatic heterocycles. The van der Waals surface area contributed by atoms with Crippen molar-refractivity contribution in [3.05, 3.63) is 0 Å². The molecule has 6 aliphatic carbocycles. The molecule has 6 fully saturated rings. The van der Waals surface area contributed by atoms with Crippen LogP contribution < -0.4 is 0 Å². The van der Waals surface area contributed by atoms with Crippen LogP contribution in [0.5, 0.6) is 0 Å². The van der Waals surface area contributed by atoms with Crippen LogP contribution in [0, 0.1) is 34.0 Å². The average molecular weight is 274 g/mol. The van der Waals surface area contributed by atoms with Gasteiger partial charge < -0.3 is 5.11 Å². The summed E-state index contributed by atoms with van der Waals surface area (Å²) < 4.78 is 0. The minimum atomic E-state index is -0.245. The fourth-order valence-electron chi connectivity index (χ4n) is 8.77. The first-order valence-corrected chi connectivity index (χ1v) is 9.11. The molecule has 0 aliphatic heterocycles. The molecule has 0 radical (unpaired) electrons. The van der Waals surface area contributed by atoms with Gasteiger partial charge in [0.05, 0.1) is 5.60 Å². The van der Waals surface area contributed by atoms with Crippen molar-refractivity contribution < 1.29 is 5.11 Å². The van der Waals surface area contributed by atoms with E-state index >= 15 is 0 Å². The van der Waals surface area contributed by atoms with Crippen LogP contribution in [0.3, 0.4) is 0 Å². The van der Waals surface area contributed by atoms with Crippen LogP contribution in [0.25, 0.3) is 0 Å². The molecule has 4 bridgehead atoms. The summed E-state index contributed by atoms with van der Waals surface area (Å²) in [5, 5.41) is 11.7. The maximum atomic E-state index is 11.7. The zero-order valence-corrected chi connectivity index (χ0v) is 13.3. The second-order valence-corrected chi connectivity index (χ2v) is 10.2. The van der Waals surface area contributed by atoms with E-state index in [-0.39, 0.29) is 5.60 Å². The Bertz CT molecular complexity index is 436. The predicted molar refractivity (Wildman–Crippen MR) is 80.2 cm³/mol. The van der Waals surface area contributed by atoms with E-state index in [9.17, 15) is 5.11 Å². The molecule has 1 nitrogen and oxygen atoms in total. The maximum absolute atomic E-state index is 11.7. The number of aliphatic hydroxyl groups is 1. The Hall–Kier alpha value is -0.0400. The van der Waals surface area contributed by atoms with E-state index in [0.29, 0.717) is 28.1 Å². The van der Waals surface area contributed by atoms with Gasteiger partial charge in [-0.1, -0.05) is 26.7 Å². The largest absolute Gasteiger partial charge is 0.389 e. The highest BCUT2D eigenvalue weighted by atomic mass is 16.3. The fourth-order valence-corrected chi connectivity index (χ4v) is 8.77. The van der Waals surface area contributed by atoms with Gasteiger partial charge in [0.1, 0.15) is 0 Å². The molecule has 4 unspecified atom stereocenters. The van der Waals surface area contributed by atoms with E-state index in [1.54, 1.807) is 0 Å². The first kappa shape index (κ1) is 12.5. The van der Waals surface area contributed by atoms with Gasteiger partial charge in [0, 0.05) is 5.41 Å². The summed E-state index contributed by atoms with van der Waals surface area (Å²) >= 11 is 0. The topological polar surface area (TPSA) is 20.2 Å². The van der Waals surface area contributed by atoms with Gasteiger partial charge in [-0.15, -0.1) is 0 Å².